The van der Waals surface area contributed by atoms with Crippen LogP contribution in [0.25, 0.3) is 10.2 Å². The van der Waals surface area contributed by atoms with Crippen molar-refractivity contribution in [2.24, 2.45) is 0 Å². The zero-order valence-corrected chi connectivity index (χ0v) is 18.1. The molecule has 0 aliphatic heterocycles. The SMILES string of the molecule is CC(C)n1c(Nc2cccc(Cn3ccnc3)c2)nc2sc3c(c2c1=O)CCCC3. The highest BCUT2D eigenvalue weighted by Gasteiger charge is 2.23. The van der Waals surface area contributed by atoms with Crippen molar-refractivity contribution in [3.05, 3.63) is 69.3 Å². The largest absolute Gasteiger partial charge is 0.333 e. The van der Waals surface area contributed by atoms with E-state index >= 15 is 0 Å². The Morgan fingerprint density at radius 3 is 2.90 bits per heavy atom. The minimum absolute atomic E-state index is 0.0187. The van der Waals surface area contributed by atoms with E-state index in [1.54, 1.807) is 22.1 Å². The van der Waals surface area contributed by atoms with Crippen LogP contribution in [-0.2, 0) is 19.4 Å². The Hall–Kier alpha value is -2.93. The van der Waals surface area contributed by atoms with Gasteiger partial charge >= 0.3 is 0 Å². The molecular weight excluding hydrogens is 394 g/mol. The molecule has 0 saturated carbocycles. The minimum atomic E-state index is 0.0187. The highest BCUT2D eigenvalue weighted by molar-refractivity contribution is 7.18. The van der Waals surface area contributed by atoms with Crippen molar-refractivity contribution in [1.82, 2.24) is 19.1 Å². The summed E-state index contributed by atoms with van der Waals surface area (Å²) in [7, 11) is 0. The molecular formula is C23H25N5OS. The van der Waals surface area contributed by atoms with Crippen molar-refractivity contribution < 1.29 is 0 Å². The van der Waals surface area contributed by atoms with Crippen LogP contribution in [0.4, 0.5) is 11.6 Å². The molecule has 1 N–H and O–H groups in total. The van der Waals surface area contributed by atoms with E-state index in [1.165, 1.54) is 16.9 Å². The molecule has 7 heteroatoms. The monoisotopic (exact) mass is 419 g/mol. The molecule has 0 atom stereocenters. The van der Waals surface area contributed by atoms with E-state index in [0.717, 1.165) is 47.3 Å². The van der Waals surface area contributed by atoms with Crippen LogP contribution >= 0.6 is 11.3 Å². The zero-order valence-electron chi connectivity index (χ0n) is 17.3. The van der Waals surface area contributed by atoms with Crippen LogP contribution < -0.4 is 10.9 Å². The van der Waals surface area contributed by atoms with E-state index in [2.05, 4.69) is 22.4 Å². The number of hydrogen-bond donors (Lipinski definition) is 1. The second kappa shape index (κ2) is 7.72. The van der Waals surface area contributed by atoms with Crippen LogP contribution in [0.5, 0.6) is 0 Å². The number of aromatic nitrogens is 4. The Bertz CT molecular complexity index is 1250. The first-order chi connectivity index (χ1) is 14.6. The third-order valence-corrected chi connectivity index (χ3v) is 6.83. The normalized spacial score (nSPS) is 13.7. The third-order valence-electron chi connectivity index (χ3n) is 5.64. The Labute approximate surface area is 179 Å². The maximum Gasteiger partial charge on any atom is 0.264 e. The van der Waals surface area contributed by atoms with Gasteiger partial charge in [-0.05, 0) is 62.8 Å². The molecule has 3 heterocycles. The van der Waals surface area contributed by atoms with Gasteiger partial charge in [0.2, 0.25) is 5.95 Å². The quantitative estimate of drug-likeness (QED) is 0.499. The van der Waals surface area contributed by atoms with Crippen molar-refractivity contribution in [3.63, 3.8) is 0 Å². The summed E-state index contributed by atoms with van der Waals surface area (Å²) in [6, 6.07) is 8.24. The van der Waals surface area contributed by atoms with Crippen LogP contribution in [-0.4, -0.2) is 19.1 Å². The summed E-state index contributed by atoms with van der Waals surface area (Å²) >= 11 is 1.69. The molecule has 1 aliphatic rings. The molecule has 4 aromatic rings. The Morgan fingerprint density at radius 2 is 2.10 bits per heavy atom. The first-order valence-electron chi connectivity index (χ1n) is 10.5. The summed E-state index contributed by atoms with van der Waals surface area (Å²) in [5.74, 6) is 0.612. The van der Waals surface area contributed by atoms with E-state index in [1.807, 2.05) is 43.1 Å². The topological polar surface area (TPSA) is 64.7 Å². The molecule has 0 bridgehead atoms. The lowest BCUT2D eigenvalue weighted by molar-refractivity contribution is 0.582. The van der Waals surface area contributed by atoms with Gasteiger partial charge in [0.25, 0.3) is 5.56 Å². The number of nitrogens with zero attached hydrogens (tertiary/aromatic N) is 4. The standard InChI is InChI=1S/C23H25N5OS/c1-15(2)28-22(29)20-18-8-3-4-9-19(18)30-21(20)26-23(28)25-17-7-5-6-16(12-17)13-27-11-10-24-14-27/h5-7,10-12,14-15H,3-4,8-9,13H2,1-2H3,(H,25,26). The lowest BCUT2D eigenvalue weighted by atomic mass is 9.97. The van der Waals surface area contributed by atoms with E-state index in [0.29, 0.717) is 5.95 Å². The number of thiophene rings is 1. The number of aryl methyl sites for hydroxylation is 2. The predicted molar refractivity (Wildman–Crippen MR) is 122 cm³/mol. The molecule has 5 rings (SSSR count). The zero-order chi connectivity index (χ0) is 20.7. The van der Waals surface area contributed by atoms with Gasteiger partial charge in [0, 0.05) is 35.5 Å². The highest BCUT2D eigenvalue weighted by atomic mass is 32.1. The van der Waals surface area contributed by atoms with E-state index in [-0.39, 0.29) is 11.6 Å². The predicted octanol–water partition coefficient (Wildman–Crippen LogP) is 4.91. The van der Waals surface area contributed by atoms with Crippen molar-refractivity contribution in [3.8, 4) is 0 Å². The minimum Gasteiger partial charge on any atom is -0.333 e. The molecule has 0 radical (unpaired) electrons. The highest BCUT2D eigenvalue weighted by Crippen LogP contribution is 2.35. The van der Waals surface area contributed by atoms with Gasteiger partial charge in [-0.25, -0.2) is 9.97 Å². The number of imidazole rings is 1. The van der Waals surface area contributed by atoms with Crippen LogP contribution in [0.2, 0.25) is 0 Å². The summed E-state index contributed by atoms with van der Waals surface area (Å²) in [6.45, 7) is 4.82. The molecule has 0 saturated heterocycles. The summed E-state index contributed by atoms with van der Waals surface area (Å²) in [5, 5.41) is 4.26. The fourth-order valence-electron chi connectivity index (χ4n) is 4.25. The number of anilines is 2. The number of hydrogen-bond acceptors (Lipinski definition) is 5. The molecule has 6 nitrogen and oxygen atoms in total. The Morgan fingerprint density at radius 1 is 1.23 bits per heavy atom. The first kappa shape index (κ1) is 19.1. The maximum atomic E-state index is 13.5. The summed E-state index contributed by atoms with van der Waals surface area (Å²) in [4.78, 5) is 24.7. The average Bonchev–Trinajstić information content (AvgIpc) is 3.35. The molecule has 154 valence electrons. The molecule has 3 aromatic heterocycles. The van der Waals surface area contributed by atoms with Crippen LogP contribution in [0, 0.1) is 0 Å². The third kappa shape index (κ3) is 3.43. The molecule has 1 aromatic carbocycles. The fourth-order valence-corrected chi connectivity index (χ4v) is 5.50. The van der Waals surface area contributed by atoms with E-state index in [9.17, 15) is 4.79 Å². The van der Waals surface area contributed by atoms with Gasteiger partial charge in [0.05, 0.1) is 11.7 Å². The van der Waals surface area contributed by atoms with Gasteiger partial charge in [-0.3, -0.25) is 9.36 Å². The van der Waals surface area contributed by atoms with Gasteiger partial charge in [0.15, 0.2) is 0 Å². The summed E-state index contributed by atoms with van der Waals surface area (Å²) in [6.07, 6.45) is 9.96. The van der Waals surface area contributed by atoms with Crippen molar-refractivity contribution in [2.45, 2.75) is 52.1 Å². The fraction of sp³-hybridized carbons (Fsp3) is 0.348. The summed E-state index contributed by atoms with van der Waals surface area (Å²) in [5.41, 5.74) is 3.40. The summed E-state index contributed by atoms with van der Waals surface area (Å²) < 4.78 is 3.83. The number of benzene rings is 1. The van der Waals surface area contributed by atoms with Crippen molar-refractivity contribution >= 4 is 33.2 Å². The van der Waals surface area contributed by atoms with E-state index < -0.39 is 0 Å². The van der Waals surface area contributed by atoms with E-state index in [4.69, 9.17) is 4.98 Å². The van der Waals surface area contributed by atoms with Gasteiger partial charge in [-0.1, -0.05) is 12.1 Å². The van der Waals surface area contributed by atoms with Crippen LogP contribution in [0.15, 0.2) is 47.8 Å². The van der Waals surface area contributed by atoms with Gasteiger partial charge in [-0.2, -0.15) is 0 Å². The molecule has 1 aliphatic carbocycles. The molecule has 0 spiro atoms. The number of fused-ring (bicyclic) bond motifs is 3. The lowest BCUT2D eigenvalue weighted by Gasteiger charge is -2.18. The number of nitrogens with one attached hydrogen (secondary N) is 1. The smallest absolute Gasteiger partial charge is 0.264 e. The van der Waals surface area contributed by atoms with Gasteiger partial charge < -0.3 is 9.88 Å². The maximum absolute atomic E-state index is 13.5. The second-order valence-electron chi connectivity index (χ2n) is 8.16. The van der Waals surface area contributed by atoms with Crippen molar-refractivity contribution in [1.29, 1.82) is 0 Å². The van der Waals surface area contributed by atoms with Crippen LogP contribution in [0.1, 0.15) is 48.7 Å². The first-order valence-corrected chi connectivity index (χ1v) is 11.3. The second-order valence-corrected chi connectivity index (χ2v) is 9.24. The molecule has 0 amide bonds. The Balaban J connectivity index is 1.56. The molecule has 30 heavy (non-hydrogen) atoms. The van der Waals surface area contributed by atoms with Gasteiger partial charge in [0.1, 0.15) is 4.83 Å². The Kier molecular flexibility index (Phi) is 4.90. The lowest BCUT2D eigenvalue weighted by Crippen LogP contribution is -2.26. The van der Waals surface area contributed by atoms with Gasteiger partial charge in [-0.15, -0.1) is 11.3 Å². The molecule has 0 fully saturated rings. The number of rotatable bonds is 5. The van der Waals surface area contributed by atoms with Crippen molar-refractivity contribution in [2.75, 3.05) is 5.32 Å². The van der Waals surface area contributed by atoms with Crippen LogP contribution in [0.3, 0.4) is 0 Å². The molecule has 0 unspecified atom stereocenters. The average molecular weight is 420 g/mol.